The lowest BCUT2D eigenvalue weighted by Crippen LogP contribution is -2.68. The number of nitrogens with one attached hydrogen (secondary N) is 2. The number of anilines is 1. The number of nitrogens with zero attached hydrogens (tertiary/aromatic N) is 3. The van der Waals surface area contributed by atoms with Gasteiger partial charge in [-0.15, -0.1) is 34.9 Å². The van der Waals surface area contributed by atoms with Crippen molar-refractivity contribution in [3.8, 4) is 0 Å². The van der Waals surface area contributed by atoms with Crippen LogP contribution in [0.1, 0.15) is 19.5 Å². The third-order valence-electron chi connectivity index (χ3n) is 5.82. The number of carbonyl (C=O) groups excluding carboxylic acids is 2. The molecule has 1 aromatic heterocycles. The number of hydrogen-bond acceptors (Lipinski definition) is 13. The number of carboxylic acid groups (broad SMARTS) is 2. The predicted octanol–water partition coefficient (Wildman–Crippen LogP) is -0.788. The number of thioether (sulfide) groups is 2. The highest BCUT2D eigenvalue weighted by Crippen LogP contribution is 2.52. The molecule has 3 saturated heterocycles. The Hall–Kier alpha value is -2.60. The lowest BCUT2D eigenvalue weighted by Gasteiger charge is -2.41. The molecule has 4 heterocycles. The van der Waals surface area contributed by atoms with Crippen LogP contribution in [0.3, 0.4) is 0 Å². The van der Waals surface area contributed by atoms with Crippen molar-refractivity contribution in [1.82, 2.24) is 20.5 Å². The molecule has 4 rings (SSSR count). The number of amides is 2. The van der Waals surface area contributed by atoms with Gasteiger partial charge in [0.25, 0.3) is 5.91 Å². The van der Waals surface area contributed by atoms with E-state index < -0.39 is 44.8 Å². The average molecular weight is 575 g/mol. The van der Waals surface area contributed by atoms with E-state index in [9.17, 15) is 29.4 Å². The van der Waals surface area contributed by atoms with Gasteiger partial charge in [-0.2, -0.15) is 0 Å². The molecule has 6 N–H and O–H groups in total. The van der Waals surface area contributed by atoms with Crippen molar-refractivity contribution in [3.05, 3.63) is 11.1 Å². The van der Waals surface area contributed by atoms with Crippen LogP contribution in [-0.4, -0.2) is 109 Å². The lowest BCUT2D eigenvalue weighted by atomic mass is 10.1. The third-order valence-corrected chi connectivity index (χ3v) is 9.93. The van der Waals surface area contributed by atoms with E-state index in [0.717, 1.165) is 23.1 Å². The monoisotopic (exact) mass is 574 g/mol. The summed E-state index contributed by atoms with van der Waals surface area (Å²) in [6, 6.07) is -1.02. The Balaban J connectivity index is 1.47. The minimum Gasteiger partial charge on any atom is -0.480 e. The average Bonchev–Trinajstić information content (AvgIpc) is 3.44. The Bertz CT molecular complexity index is 1120. The number of hydrogen-bond donors (Lipinski definition) is 5. The van der Waals surface area contributed by atoms with E-state index in [1.165, 1.54) is 35.9 Å². The first-order valence-corrected chi connectivity index (χ1v) is 13.9. The van der Waals surface area contributed by atoms with E-state index in [-0.39, 0.29) is 29.1 Å². The van der Waals surface area contributed by atoms with Gasteiger partial charge in [0.1, 0.15) is 17.1 Å². The molecule has 3 aliphatic rings. The van der Waals surface area contributed by atoms with E-state index in [2.05, 4.69) is 20.8 Å². The zero-order chi connectivity index (χ0) is 27.0. The highest BCUT2D eigenvalue weighted by molar-refractivity contribution is 8.20. The smallest absolute Gasteiger partial charge is 0.350 e. The van der Waals surface area contributed by atoms with Crippen molar-refractivity contribution < 1.29 is 39.0 Å². The number of oxime groups is 1. The van der Waals surface area contributed by atoms with Gasteiger partial charge in [-0.3, -0.25) is 9.59 Å². The highest BCUT2D eigenvalue weighted by Gasteiger charge is 2.62. The fraction of sp³-hybridized carbons (Fsp3) is 0.600. The predicted molar refractivity (Wildman–Crippen MR) is 136 cm³/mol. The molecule has 2 amide bonds. The number of nitrogens with two attached hydrogens (primary N) is 1. The van der Waals surface area contributed by atoms with Gasteiger partial charge >= 0.3 is 11.9 Å². The number of ether oxygens (including phenoxy) is 1. The van der Waals surface area contributed by atoms with Crippen LogP contribution < -0.4 is 16.4 Å². The standard InChI is InChI=1S/C20H26N6O8S3/c1-19(2,16(29)30)34-25-11(10-7-35-18(21)23-10)13(27)24-12-14(28)26-8-20(17(31)32,37-15(12)26)36-6-9-5-33-4-3-22-9/h7,9,12,15,22H,3-6,8H2,1-2H3,(H2,21,23)(H,24,27)(H,29,30)(H,31,32)/b25-11-/t9-,12-,15-,20-/m1/s1. The Morgan fingerprint density at radius 1 is 1.46 bits per heavy atom. The summed E-state index contributed by atoms with van der Waals surface area (Å²) in [4.78, 5) is 60.1. The van der Waals surface area contributed by atoms with Crippen LogP contribution >= 0.6 is 34.9 Å². The van der Waals surface area contributed by atoms with Gasteiger partial charge < -0.3 is 41.1 Å². The zero-order valence-corrected chi connectivity index (χ0v) is 22.3. The fourth-order valence-electron chi connectivity index (χ4n) is 3.64. The van der Waals surface area contributed by atoms with Crippen molar-refractivity contribution in [2.24, 2.45) is 5.16 Å². The summed E-state index contributed by atoms with van der Waals surface area (Å²) in [6.45, 7) is 4.25. The molecule has 3 aliphatic heterocycles. The van der Waals surface area contributed by atoms with Gasteiger partial charge in [0, 0.05) is 23.7 Å². The quantitative estimate of drug-likeness (QED) is 0.132. The maximum atomic E-state index is 13.1. The molecule has 0 radical (unpaired) electrons. The van der Waals surface area contributed by atoms with Crippen LogP contribution in [0.2, 0.25) is 0 Å². The fourth-order valence-corrected chi connectivity index (χ4v) is 7.33. The van der Waals surface area contributed by atoms with Gasteiger partial charge in [-0.25, -0.2) is 14.6 Å². The molecular weight excluding hydrogens is 548 g/mol. The summed E-state index contributed by atoms with van der Waals surface area (Å²) < 4.78 is 4.13. The second-order valence-electron chi connectivity index (χ2n) is 8.94. The van der Waals surface area contributed by atoms with Crippen LogP contribution in [-0.2, 0) is 28.8 Å². The highest BCUT2D eigenvalue weighted by atomic mass is 32.2. The van der Waals surface area contributed by atoms with Gasteiger partial charge in [0.2, 0.25) is 11.5 Å². The molecule has 0 spiro atoms. The number of thiazole rings is 1. The Morgan fingerprint density at radius 2 is 2.22 bits per heavy atom. The first kappa shape index (κ1) is 27.4. The molecule has 17 heteroatoms. The summed E-state index contributed by atoms with van der Waals surface area (Å²) in [5.74, 6) is -3.16. The molecule has 3 fully saturated rings. The minimum absolute atomic E-state index is 0.00519. The third kappa shape index (κ3) is 5.64. The van der Waals surface area contributed by atoms with Crippen molar-refractivity contribution in [1.29, 1.82) is 0 Å². The van der Waals surface area contributed by atoms with Gasteiger partial charge in [0.15, 0.2) is 14.9 Å². The van der Waals surface area contributed by atoms with Crippen LogP contribution in [0.5, 0.6) is 0 Å². The molecule has 1 aromatic rings. The van der Waals surface area contributed by atoms with Crippen LogP contribution in [0.25, 0.3) is 0 Å². The molecule has 0 aliphatic carbocycles. The molecule has 4 atom stereocenters. The number of morpholine rings is 1. The Labute approximate surface area is 223 Å². The molecule has 14 nitrogen and oxygen atoms in total. The molecule has 0 unspecified atom stereocenters. The number of carbonyl (C=O) groups is 4. The van der Waals surface area contributed by atoms with Crippen molar-refractivity contribution >= 4 is 69.5 Å². The number of carboxylic acids is 2. The Morgan fingerprint density at radius 3 is 2.81 bits per heavy atom. The molecule has 0 saturated carbocycles. The van der Waals surface area contributed by atoms with E-state index in [1.54, 1.807) is 0 Å². The molecule has 0 aromatic carbocycles. The SMILES string of the molecule is CC(C)(O/N=C(\C(=O)N[C@@H]1C(=O)N2C[C@](SC[C@H]3COCCN3)(C(=O)O)S[C@H]12)c1csc(N)n1)C(=O)O. The second-order valence-corrected chi connectivity index (χ2v) is 12.8. The van der Waals surface area contributed by atoms with Crippen molar-refractivity contribution in [3.63, 3.8) is 0 Å². The summed E-state index contributed by atoms with van der Waals surface area (Å²) in [5.41, 5.74) is 3.61. The number of aliphatic carboxylic acids is 2. The summed E-state index contributed by atoms with van der Waals surface area (Å²) in [7, 11) is 0. The largest absolute Gasteiger partial charge is 0.480 e. The van der Waals surface area contributed by atoms with Crippen molar-refractivity contribution in [2.75, 3.05) is 37.8 Å². The number of nitrogen functional groups attached to an aromatic ring is 1. The maximum absolute atomic E-state index is 13.1. The maximum Gasteiger partial charge on any atom is 0.350 e. The summed E-state index contributed by atoms with van der Waals surface area (Å²) in [5, 5.41) is 29.9. The first-order chi connectivity index (χ1) is 17.4. The van der Waals surface area contributed by atoms with Crippen LogP contribution in [0.4, 0.5) is 5.13 Å². The number of aromatic nitrogens is 1. The molecule has 37 heavy (non-hydrogen) atoms. The van der Waals surface area contributed by atoms with E-state index in [4.69, 9.17) is 15.3 Å². The van der Waals surface area contributed by atoms with E-state index in [0.29, 0.717) is 25.5 Å². The molecule has 0 bridgehead atoms. The molecule has 202 valence electrons. The van der Waals surface area contributed by atoms with Crippen LogP contribution in [0, 0.1) is 0 Å². The summed E-state index contributed by atoms with van der Waals surface area (Å²) in [6.07, 6.45) is 0. The van der Waals surface area contributed by atoms with Gasteiger partial charge in [-0.1, -0.05) is 5.16 Å². The zero-order valence-electron chi connectivity index (χ0n) is 19.8. The van der Waals surface area contributed by atoms with E-state index in [1.807, 2.05) is 0 Å². The minimum atomic E-state index is -1.74. The molecular formula is C20H26N6O8S3. The number of fused-ring (bicyclic) bond motifs is 1. The van der Waals surface area contributed by atoms with Crippen molar-refractivity contribution in [2.45, 2.75) is 41.0 Å². The topological polar surface area (TPSA) is 206 Å². The number of rotatable bonds is 10. The second kappa shape index (κ2) is 10.6. The summed E-state index contributed by atoms with van der Waals surface area (Å²) >= 11 is 3.36. The number of β-lactam (4-membered cyclic amide) rings is 1. The normalized spacial score (nSPS) is 27.8. The van der Waals surface area contributed by atoms with E-state index >= 15 is 0 Å². The van der Waals surface area contributed by atoms with Crippen LogP contribution in [0.15, 0.2) is 10.5 Å². The lowest BCUT2D eigenvalue weighted by molar-refractivity contribution is -0.161. The van der Waals surface area contributed by atoms with Gasteiger partial charge in [0.05, 0.1) is 19.8 Å². The van der Waals surface area contributed by atoms with Gasteiger partial charge in [-0.05, 0) is 13.8 Å². The Kier molecular flexibility index (Phi) is 7.89. The first-order valence-electron chi connectivity index (χ1n) is 11.1.